The van der Waals surface area contributed by atoms with Crippen LogP contribution in [0.15, 0.2) is 27.8 Å². The Morgan fingerprint density at radius 1 is 1.52 bits per heavy atom. The molecule has 6 nitrogen and oxygen atoms in total. The van der Waals surface area contributed by atoms with Crippen molar-refractivity contribution in [3.63, 3.8) is 0 Å². The molecule has 0 radical (unpaired) electrons. The molecular weight excluding hydrogens is 290 g/mol. The molecule has 2 heterocycles. The second-order valence-electron chi connectivity index (χ2n) is 5.69. The monoisotopic (exact) mass is 313 g/mol. The van der Waals surface area contributed by atoms with Crippen LogP contribution in [-0.2, 0) is 16.4 Å². The first-order valence-corrected chi connectivity index (χ1v) is 9.04. The first kappa shape index (κ1) is 15.9. The van der Waals surface area contributed by atoms with Gasteiger partial charge in [0.25, 0.3) is 0 Å². The summed E-state index contributed by atoms with van der Waals surface area (Å²) in [7, 11) is -2.83. The quantitative estimate of drug-likeness (QED) is 0.629. The highest BCUT2D eigenvalue weighted by molar-refractivity contribution is 7.91. The van der Waals surface area contributed by atoms with Crippen LogP contribution in [0.1, 0.15) is 26.0 Å². The Labute approximate surface area is 125 Å². The molecule has 2 N–H and O–H groups in total. The Kier molecular flexibility index (Phi) is 5.27. The number of rotatable bonds is 5. The highest BCUT2D eigenvalue weighted by Gasteiger charge is 2.27. The molecule has 21 heavy (non-hydrogen) atoms. The average molecular weight is 313 g/mol. The van der Waals surface area contributed by atoms with E-state index in [4.69, 9.17) is 4.42 Å². The van der Waals surface area contributed by atoms with Crippen LogP contribution in [0, 0.1) is 5.92 Å². The lowest BCUT2D eigenvalue weighted by Crippen LogP contribution is -2.43. The van der Waals surface area contributed by atoms with Crippen molar-refractivity contribution in [1.82, 2.24) is 10.6 Å². The summed E-state index contributed by atoms with van der Waals surface area (Å²) in [5.41, 5.74) is 0. The number of nitrogens with one attached hydrogen (secondary N) is 2. The molecule has 1 unspecified atom stereocenters. The minimum Gasteiger partial charge on any atom is -0.467 e. The molecule has 1 saturated heterocycles. The van der Waals surface area contributed by atoms with Crippen molar-refractivity contribution in [3.05, 3.63) is 24.2 Å². The summed E-state index contributed by atoms with van der Waals surface area (Å²) in [5, 5.41) is 6.46. The summed E-state index contributed by atoms with van der Waals surface area (Å²) in [5.74, 6) is 2.22. The summed E-state index contributed by atoms with van der Waals surface area (Å²) < 4.78 is 28.2. The fourth-order valence-corrected chi connectivity index (χ4v) is 4.12. The van der Waals surface area contributed by atoms with Crippen LogP contribution >= 0.6 is 0 Å². The molecular formula is C14H23N3O3S. The molecule has 2 rings (SSSR count). The van der Waals surface area contributed by atoms with Gasteiger partial charge in [0, 0.05) is 12.6 Å². The van der Waals surface area contributed by atoms with E-state index >= 15 is 0 Å². The lowest BCUT2D eigenvalue weighted by molar-refractivity contribution is 0.510. The summed E-state index contributed by atoms with van der Waals surface area (Å²) >= 11 is 0. The van der Waals surface area contributed by atoms with Gasteiger partial charge in [0.15, 0.2) is 15.8 Å². The maximum atomic E-state index is 11.5. The Morgan fingerprint density at radius 3 is 2.90 bits per heavy atom. The molecule has 1 atom stereocenters. The Bertz CT molecular complexity index is 564. The van der Waals surface area contributed by atoms with Crippen LogP contribution < -0.4 is 10.6 Å². The van der Waals surface area contributed by atoms with E-state index in [0.717, 1.165) is 12.2 Å². The van der Waals surface area contributed by atoms with Crippen molar-refractivity contribution in [2.24, 2.45) is 10.9 Å². The number of sulfone groups is 1. The van der Waals surface area contributed by atoms with E-state index in [1.807, 2.05) is 26.0 Å². The number of aliphatic imine (C=N–C) groups is 1. The summed E-state index contributed by atoms with van der Waals surface area (Å²) in [6.45, 7) is 5.14. The Morgan fingerprint density at radius 2 is 2.33 bits per heavy atom. The van der Waals surface area contributed by atoms with E-state index in [0.29, 0.717) is 24.8 Å². The first-order valence-electron chi connectivity index (χ1n) is 7.22. The summed E-state index contributed by atoms with van der Waals surface area (Å²) in [6, 6.07) is 3.96. The molecule has 0 aromatic carbocycles. The maximum Gasteiger partial charge on any atom is 0.191 e. The highest BCUT2D eigenvalue weighted by atomic mass is 32.2. The zero-order chi connectivity index (χ0) is 15.3. The van der Waals surface area contributed by atoms with Crippen molar-refractivity contribution in [1.29, 1.82) is 0 Å². The lowest BCUT2D eigenvalue weighted by Gasteiger charge is -2.17. The minimum atomic E-state index is -2.83. The third-order valence-corrected chi connectivity index (χ3v) is 5.12. The summed E-state index contributed by atoms with van der Waals surface area (Å²) in [6.07, 6.45) is 2.35. The van der Waals surface area contributed by atoms with Crippen LogP contribution in [0.3, 0.4) is 0 Å². The Hall–Kier alpha value is -1.50. The molecule has 1 aromatic heterocycles. The minimum absolute atomic E-state index is 0.165. The van der Waals surface area contributed by atoms with Crippen molar-refractivity contribution in [2.45, 2.75) is 32.9 Å². The van der Waals surface area contributed by atoms with E-state index in [1.165, 1.54) is 0 Å². The van der Waals surface area contributed by atoms with E-state index in [2.05, 4.69) is 15.6 Å². The highest BCUT2D eigenvalue weighted by Crippen LogP contribution is 2.17. The van der Waals surface area contributed by atoms with E-state index in [-0.39, 0.29) is 17.7 Å². The normalized spacial score (nSPS) is 21.7. The van der Waals surface area contributed by atoms with Crippen LogP contribution in [0.5, 0.6) is 0 Å². The van der Waals surface area contributed by atoms with E-state index in [1.54, 1.807) is 6.26 Å². The molecule has 0 aliphatic carbocycles. The van der Waals surface area contributed by atoms with Gasteiger partial charge in [-0.1, -0.05) is 0 Å². The molecule has 1 fully saturated rings. The SMILES string of the molecule is CC(C)NC(=NCc1ccco1)NCC1CCS(=O)(=O)C1. The zero-order valence-corrected chi connectivity index (χ0v) is 13.3. The van der Waals surface area contributed by atoms with E-state index in [9.17, 15) is 8.42 Å². The van der Waals surface area contributed by atoms with Gasteiger partial charge in [0.05, 0.1) is 17.8 Å². The van der Waals surface area contributed by atoms with Gasteiger partial charge >= 0.3 is 0 Å². The summed E-state index contributed by atoms with van der Waals surface area (Å²) in [4.78, 5) is 4.45. The van der Waals surface area contributed by atoms with Crippen LogP contribution in [0.4, 0.5) is 0 Å². The standard InChI is InChI=1S/C14H23N3O3S/c1-11(2)17-14(16-9-13-4-3-6-20-13)15-8-12-5-7-21(18,19)10-12/h3-4,6,11-12H,5,7-10H2,1-2H3,(H2,15,16,17). The zero-order valence-electron chi connectivity index (χ0n) is 12.5. The number of guanidine groups is 1. The van der Waals surface area contributed by atoms with Gasteiger partial charge in [-0.05, 0) is 38.3 Å². The molecule has 0 spiro atoms. The molecule has 7 heteroatoms. The van der Waals surface area contributed by atoms with Crippen molar-refractivity contribution < 1.29 is 12.8 Å². The molecule has 0 saturated carbocycles. The fourth-order valence-electron chi connectivity index (χ4n) is 2.26. The van der Waals surface area contributed by atoms with Gasteiger partial charge in [-0.2, -0.15) is 0 Å². The molecule has 1 aliphatic heterocycles. The van der Waals surface area contributed by atoms with Crippen LogP contribution in [-0.4, -0.2) is 38.5 Å². The topological polar surface area (TPSA) is 83.7 Å². The molecule has 1 aromatic rings. The number of nitrogens with zero attached hydrogens (tertiary/aromatic N) is 1. The molecule has 118 valence electrons. The lowest BCUT2D eigenvalue weighted by atomic mass is 10.1. The molecule has 1 aliphatic rings. The predicted octanol–water partition coefficient (Wildman–Crippen LogP) is 1.16. The van der Waals surface area contributed by atoms with E-state index < -0.39 is 9.84 Å². The first-order chi connectivity index (χ1) is 9.94. The van der Waals surface area contributed by atoms with Gasteiger partial charge < -0.3 is 15.1 Å². The number of hydrogen-bond donors (Lipinski definition) is 2. The predicted molar refractivity (Wildman–Crippen MR) is 82.9 cm³/mol. The number of furan rings is 1. The smallest absolute Gasteiger partial charge is 0.191 e. The fraction of sp³-hybridized carbons (Fsp3) is 0.643. The van der Waals surface area contributed by atoms with Gasteiger partial charge in [-0.15, -0.1) is 0 Å². The largest absolute Gasteiger partial charge is 0.467 e. The number of hydrogen-bond acceptors (Lipinski definition) is 4. The van der Waals surface area contributed by atoms with Gasteiger partial charge in [-0.25, -0.2) is 13.4 Å². The Balaban J connectivity index is 1.88. The molecule has 0 bridgehead atoms. The van der Waals surface area contributed by atoms with Crippen LogP contribution in [0.2, 0.25) is 0 Å². The van der Waals surface area contributed by atoms with Crippen LogP contribution in [0.25, 0.3) is 0 Å². The maximum absolute atomic E-state index is 11.5. The van der Waals surface area contributed by atoms with Crippen molar-refractivity contribution in [3.8, 4) is 0 Å². The van der Waals surface area contributed by atoms with Crippen molar-refractivity contribution in [2.75, 3.05) is 18.1 Å². The van der Waals surface area contributed by atoms with Crippen molar-refractivity contribution >= 4 is 15.8 Å². The second-order valence-corrected chi connectivity index (χ2v) is 7.92. The average Bonchev–Trinajstić information content (AvgIpc) is 3.01. The third kappa shape index (κ3) is 5.41. The molecule has 0 amide bonds. The third-order valence-electron chi connectivity index (χ3n) is 3.28. The van der Waals surface area contributed by atoms with Gasteiger partial charge in [0.1, 0.15) is 12.3 Å². The second kappa shape index (κ2) is 6.98. The van der Waals surface area contributed by atoms with Gasteiger partial charge in [0.2, 0.25) is 0 Å². The van der Waals surface area contributed by atoms with Gasteiger partial charge in [-0.3, -0.25) is 0 Å².